The Bertz CT molecular complexity index is 404. The molecule has 0 aliphatic heterocycles. The maximum absolute atomic E-state index is 12.4. The molecule has 0 heterocycles. The molecule has 1 aliphatic carbocycles. The summed E-state index contributed by atoms with van der Waals surface area (Å²) in [5, 5.41) is 0. The summed E-state index contributed by atoms with van der Waals surface area (Å²) < 4.78 is 0. The fourth-order valence-electron chi connectivity index (χ4n) is 2.24. The van der Waals surface area contributed by atoms with Gasteiger partial charge in [-0.25, -0.2) is 0 Å². The summed E-state index contributed by atoms with van der Waals surface area (Å²) in [6.45, 7) is 5.24. The number of aryl methyl sites for hydroxylation is 2. The molecule has 1 saturated carbocycles. The van der Waals surface area contributed by atoms with Crippen molar-refractivity contribution in [1.82, 2.24) is 4.90 Å². The Balaban J connectivity index is 2.21. The molecule has 0 aromatic heterocycles. The molecule has 17 heavy (non-hydrogen) atoms. The van der Waals surface area contributed by atoms with E-state index in [1.807, 2.05) is 30.9 Å². The lowest BCUT2D eigenvalue weighted by Crippen LogP contribution is -2.37. The van der Waals surface area contributed by atoms with Gasteiger partial charge in [-0.05, 0) is 38.8 Å². The summed E-state index contributed by atoms with van der Waals surface area (Å²) in [5.74, 6) is 0.129. The van der Waals surface area contributed by atoms with E-state index in [1.165, 1.54) is 0 Å². The van der Waals surface area contributed by atoms with Crippen molar-refractivity contribution in [2.24, 2.45) is 5.73 Å². The molecule has 3 heteroatoms. The monoisotopic (exact) mass is 232 g/mol. The van der Waals surface area contributed by atoms with Crippen molar-refractivity contribution in [1.29, 1.82) is 0 Å². The van der Waals surface area contributed by atoms with Crippen LogP contribution in [0.1, 0.15) is 34.3 Å². The van der Waals surface area contributed by atoms with Crippen molar-refractivity contribution in [2.45, 2.75) is 32.7 Å². The number of nitrogens with zero attached hydrogens (tertiary/aromatic N) is 1. The second-order valence-corrected chi connectivity index (χ2v) is 4.89. The number of carbonyl (C=O) groups is 1. The molecule has 1 aromatic rings. The molecule has 0 saturated heterocycles. The standard InChI is InChI=1S/C14H20N2O/c1-10-7-11(2)9-12(8-10)14(17)16(6-5-15)13-3-4-13/h7-9,13H,3-6,15H2,1-2H3. The first-order valence-electron chi connectivity index (χ1n) is 6.21. The van der Waals surface area contributed by atoms with E-state index in [0.29, 0.717) is 19.1 Å². The molecule has 1 amide bonds. The first-order valence-corrected chi connectivity index (χ1v) is 6.21. The number of hydrogen-bond acceptors (Lipinski definition) is 2. The number of nitrogens with two attached hydrogens (primary N) is 1. The predicted octanol–water partition coefficient (Wildman–Crippen LogP) is 1.87. The molecule has 1 fully saturated rings. The zero-order valence-electron chi connectivity index (χ0n) is 10.6. The van der Waals surface area contributed by atoms with Crippen LogP contribution >= 0.6 is 0 Å². The van der Waals surface area contributed by atoms with Gasteiger partial charge in [0, 0.05) is 24.7 Å². The van der Waals surface area contributed by atoms with Crippen LogP contribution in [-0.4, -0.2) is 29.9 Å². The van der Waals surface area contributed by atoms with Gasteiger partial charge >= 0.3 is 0 Å². The summed E-state index contributed by atoms with van der Waals surface area (Å²) in [6.07, 6.45) is 2.24. The van der Waals surface area contributed by atoms with Crippen LogP contribution in [0.5, 0.6) is 0 Å². The van der Waals surface area contributed by atoms with Crippen LogP contribution in [0.2, 0.25) is 0 Å². The Hall–Kier alpha value is -1.35. The first kappa shape index (κ1) is 12.1. The molecule has 2 N–H and O–H groups in total. The predicted molar refractivity (Wildman–Crippen MR) is 69.0 cm³/mol. The lowest BCUT2D eigenvalue weighted by Gasteiger charge is -2.22. The van der Waals surface area contributed by atoms with E-state index in [1.54, 1.807) is 0 Å². The van der Waals surface area contributed by atoms with E-state index in [2.05, 4.69) is 6.07 Å². The average molecular weight is 232 g/mol. The SMILES string of the molecule is Cc1cc(C)cc(C(=O)N(CCN)C2CC2)c1. The second-order valence-electron chi connectivity index (χ2n) is 4.89. The molecule has 0 unspecified atom stereocenters. The highest BCUT2D eigenvalue weighted by Crippen LogP contribution is 2.28. The minimum absolute atomic E-state index is 0.129. The molecular formula is C14H20N2O. The van der Waals surface area contributed by atoms with Crippen LogP contribution in [0.3, 0.4) is 0 Å². The van der Waals surface area contributed by atoms with Crippen molar-refractivity contribution in [2.75, 3.05) is 13.1 Å². The van der Waals surface area contributed by atoms with Gasteiger partial charge in [0.1, 0.15) is 0 Å². The summed E-state index contributed by atoms with van der Waals surface area (Å²) >= 11 is 0. The highest BCUT2D eigenvalue weighted by molar-refractivity contribution is 5.95. The Morgan fingerprint density at radius 1 is 1.29 bits per heavy atom. The number of amides is 1. The molecule has 0 spiro atoms. The fourth-order valence-corrected chi connectivity index (χ4v) is 2.24. The lowest BCUT2D eigenvalue weighted by atomic mass is 10.1. The molecule has 2 rings (SSSR count). The number of carbonyl (C=O) groups excluding carboxylic acids is 1. The van der Waals surface area contributed by atoms with E-state index in [0.717, 1.165) is 29.5 Å². The van der Waals surface area contributed by atoms with Crippen LogP contribution in [0.15, 0.2) is 18.2 Å². The third-order valence-corrected chi connectivity index (χ3v) is 3.09. The zero-order chi connectivity index (χ0) is 12.4. The summed E-state index contributed by atoms with van der Waals surface area (Å²) in [6, 6.07) is 6.43. The highest BCUT2D eigenvalue weighted by Gasteiger charge is 2.32. The van der Waals surface area contributed by atoms with Gasteiger partial charge in [0.25, 0.3) is 5.91 Å². The number of hydrogen-bond donors (Lipinski definition) is 1. The Kier molecular flexibility index (Phi) is 3.48. The second kappa shape index (κ2) is 4.88. The Labute approximate surface area is 103 Å². The molecule has 1 aliphatic rings. The van der Waals surface area contributed by atoms with Gasteiger partial charge in [-0.2, -0.15) is 0 Å². The minimum Gasteiger partial charge on any atom is -0.334 e. The first-order chi connectivity index (χ1) is 8.11. The van der Waals surface area contributed by atoms with Gasteiger partial charge < -0.3 is 10.6 Å². The smallest absolute Gasteiger partial charge is 0.254 e. The van der Waals surface area contributed by atoms with Crippen molar-refractivity contribution in [3.8, 4) is 0 Å². The van der Waals surface area contributed by atoms with E-state index >= 15 is 0 Å². The minimum atomic E-state index is 0.129. The lowest BCUT2D eigenvalue weighted by molar-refractivity contribution is 0.0748. The number of rotatable bonds is 4. The normalized spacial score (nSPS) is 14.8. The maximum Gasteiger partial charge on any atom is 0.254 e. The van der Waals surface area contributed by atoms with Crippen molar-refractivity contribution >= 4 is 5.91 Å². The largest absolute Gasteiger partial charge is 0.334 e. The summed E-state index contributed by atoms with van der Waals surface area (Å²) in [5.41, 5.74) is 8.64. The summed E-state index contributed by atoms with van der Waals surface area (Å²) in [4.78, 5) is 14.3. The Morgan fingerprint density at radius 2 is 1.88 bits per heavy atom. The molecular weight excluding hydrogens is 212 g/mol. The molecule has 0 radical (unpaired) electrons. The van der Waals surface area contributed by atoms with Crippen molar-refractivity contribution in [3.05, 3.63) is 34.9 Å². The average Bonchev–Trinajstić information content (AvgIpc) is 3.07. The van der Waals surface area contributed by atoms with E-state index in [-0.39, 0.29) is 5.91 Å². The van der Waals surface area contributed by atoms with E-state index in [4.69, 9.17) is 5.73 Å². The number of benzene rings is 1. The van der Waals surface area contributed by atoms with E-state index < -0.39 is 0 Å². The van der Waals surface area contributed by atoms with Crippen LogP contribution in [0.25, 0.3) is 0 Å². The fraction of sp³-hybridized carbons (Fsp3) is 0.500. The van der Waals surface area contributed by atoms with Crippen LogP contribution in [0, 0.1) is 13.8 Å². The van der Waals surface area contributed by atoms with Crippen molar-refractivity contribution < 1.29 is 4.79 Å². The van der Waals surface area contributed by atoms with Crippen LogP contribution in [0.4, 0.5) is 0 Å². The Morgan fingerprint density at radius 3 is 2.35 bits per heavy atom. The van der Waals surface area contributed by atoms with Crippen molar-refractivity contribution in [3.63, 3.8) is 0 Å². The van der Waals surface area contributed by atoms with Gasteiger partial charge in [0.05, 0.1) is 0 Å². The van der Waals surface area contributed by atoms with Crippen LogP contribution in [-0.2, 0) is 0 Å². The molecule has 0 bridgehead atoms. The van der Waals surface area contributed by atoms with Gasteiger partial charge in [-0.15, -0.1) is 0 Å². The third-order valence-electron chi connectivity index (χ3n) is 3.09. The van der Waals surface area contributed by atoms with Gasteiger partial charge in [-0.1, -0.05) is 17.2 Å². The van der Waals surface area contributed by atoms with Crippen LogP contribution < -0.4 is 5.73 Å². The summed E-state index contributed by atoms with van der Waals surface area (Å²) in [7, 11) is 0. The third kappa shape index (κ3) is 2.86. The quantitative estimate of drug-likeness (QED) is 0.861. The molecule has 3 nitrogen and oxygen atoms in total. The van der Waals surface area contributed by atoms with E-state index in [9.17, 15) is 4.79 Å². The highest BCUT2D eigenvalue weighted by atomic mass is 16.2. The molecule has 92 valence electrons. The topological polar surface area (TPSA) is 46.3 Å². The van der Waals surface area contributed by atoms with Gasteiger partial charge in [-0.3, -0.25) is 4.79 Å². The maximum atomic E-state index is 12.4. The van der Waals surface area contributed by atoms with Gasteiger partial charge in [0.15, 0.2) is 0 Å². The van der Waals surface area contributed by atoms with Gasteiger partial charge in [0.2, 0.25) is 0 Å². The zero-order valence-corrected chi connectivity index (χ0v) is 10.6. The molecule has 1 aromatic carbocycles. The molecule has 0 atom stereocenters.